The molecule has 1 aliphatic heterocycles. The number of aromatic nitrogens is 3. The van der Waals surface area contributed by atoms with Crippen LogP contribution in [0.2, 0.25) is 0 Å². The van der Waals surface area contributed by atoms with Crippen LogP contribution in [0.4, 0.5) is 0 Å². The molecule has 0 bridgehead atoms. The fraction of sp³-hybridized carbons (Fsp3) is 0.235. The average Bonchev–Trinajstić information content (AvgIpc) is 3.35. The van der Waals surface area contributed by atoms with Crippen LogP contribution < -0.4 is 21.9 Å². The summed E-state index contributed by atoms with van der Waals surface area (Å²) in [7, 11) is 2.02. The number of hydrazine groups is 3. The Kier molecular flexibility index (Phi) is 4.95. The van der Waals surface area contributed by atoms with Crippen molar-refractivity contribution in [3.63, 3.8) is 0 Å². The van der Waals surface area contributed by atoms with Gasteiger partial charge in [-0.25, -0.2) is 10.9 Å². The van der Waals surface area contributed by atoms with E-state index in [4.69, 9.17) is 4.42 Å². The van der Waals surface area contributed by atoms with E-state index in [1.54, 1.807) is 12.4 Å². The van der Waals surface area contributed by atoms with E-state index in [0.29, 0.717) is 18.3 Å². The first-order chi connectivity index (χ1) is 12.8. The Morgan fingerprint density at radius 1 is 1.08 bits per heavy atom. The molecule has 1 fully saturated rings. The zero-order chi connectivity index (χ0) is 17.8. The minimum absolute atomic E-state index is 0.0261. The quantitative estimate of drug-likeness (QED) is 0.515. The highest BCUT2D eigenvalue weighted by Crippen LogP contribution is 2.18. The maximum atomic E-state index is 5.74. The van der Waals surface area contributed by atoms with E-state index in [0.717, 1.165) is 17.7 Å². The van der Waals surface area contributed by atoms with Gasteiger partial charge in [0.05, 0.1) is 12.1 Å². The molecule has 1 saturated heterocycles. The Labute approximate surface area is 150 Å². The molecule has 4 rings (SSSR count). The Balaban J connectivity index is 1.39. The monoisotopic (exact) mass is 352 g/mol. The van der Waals surface area contributed by atoms with Gasteiger partial charge in [0.15, 0.2) is 0 Å². The van der Waals surface area contributed by atoms with Crippen molar-refractivity contribution in [3.8, 4) is 11.5 Å². The normalized spacial score (nSPS) is 15.0. The van der Waals surface area contributed by atoms with Crippen molar-refractivity contribution in [1.82, 2.24) is 42.0 Å². The lowest BCUT2D eigenvalue weighted by atomic mass is 10.1. The molecule has 3 aromatic rings. The Morgan fingerprint density at radius 3 is 2.77 bits per heavy atom. The Bertz CT molecular complexity index is 847. The topological polar surface area (TPSA) is 103 Å². The van der Waals surface area contributed by atoms with Crippen molar-refractivity contribution in [2.75, 3.05) is 7.05 Å². The average molecular weight is 352 g/mol. The smallest absolute Gasteiger partial charge is 0.249 e. The molecule has 9 heteroatoms. The van der Waals surface area contributed by atoms with Crippen molar-refractivity contribution < 1.29 is 4.42 Å². The Morgan fingerprint density at radius 2 is 1.96 bits per heavy atom. The molecular weight excluding hydrogens is 332 g/mol. The van der Waals surface area contributed by atoms with Crippen LogP contribution in [0.5, 0.6) is 0 Å². The molecule has 1 aliphatic rings. The van der Waals surface area contributed by atoms with Gasteiger partial charge in [-0.3, -0.25) is 9.88 Å². The lowest BCUT2D eigenvalue weighted by molar-refractivity contribution is 0.282. The summed E-state index contributed by atoms with van der Waals surface area (Å²) in [6.07, 6.45) is 3.45. The lowest BCUT2D eigenvalue weighted by Crippen LogP contribution is -2.33. The first kappa shape index (κ1) is 16.8. The molecule has 9 nitrogen and oxygen atoms in total. The van der Waals surface area contributed by atoms with Crippen LogP contribution in [0.3, 0.4) is 0 Å². The second-order valence-electron chi connectivity index (χ2n) is 6.13. The molecule has 4 N–H and O–H groups in total. The third-order valence-electron chi connectivity index (χ3n) is 4.01. The number of rotatable bonds is 6. The minimum atomic E-state index is 0.0261. The number of nitrogens with one attached hydrogen (secondary N) is 4. The van der Waals surface area contributed by atoms with Gasteiger partial charge in [-0.05, 0) is 30.3 Å². The highest BCUT2D eigenvalue weighted by Gasteiger charge is 2.15. The van der Waals surface area contributed by atoms with Gasteiger partial charge in [-0.1, -0.05) is 24.3 Å². The highest BCUT2D eigenvalue weighted by atomic mass is 16.4. The highest BCUT2D eigenvalue weighted by molar-refractivity contribution is 5.49. The van der Waals surface area contributed by atoms with Crippen molar-refractivity contribution in [1.29, 1.82) is 0 Å². The lowest BCUT2D eigenvalue weighted by Gasteiger charge is -2.16. The standard InChI is InChI=1S/C17H20N8O/c1-25(10-12-4-2-5-13(8-12)16-20-23-24-21-16)11-15-19-22-17(26-15)14-6-3-7-18-9-14/h2-9,16,20-21,23-24H,10-11H2,1H3. The number of pyridine rings is 1. The predicted octanol–water partition coefficient (Wildman–Crippen LogP) is 0.879. The van der Waals surface area contributed by atoms with Gasteiger partial charge in [-0.2, -0.15) is 11.1 Å². The van der Waals surface area contributed by atoms with Crippen molar-refractivity contribution >= 4 is 0 Å². The maximum Gasteiger partial charge on any atom is 0.249 e. The van der Waals surface area contributed by atoms with Crippen molar-refractivity contribution in [3.05, 3.63) is 65.8 Å². The molecule has 0 spiro atoms. The van der Waals surface area contributed by atoms with Crippen molar-refractivity contribution in [2.45, 2.75) is 19.3 Å². The summed E-state index contributed by atoms with van der Waals surface area (Å²) in [5, 5.41) is 8.23. The summed E-state index contributed by atoms with van der Waals surface area (Å²) < 4.78 is 5.74. The van der Waals surface area contributed by atoms with Crippen LogP contribution in [-0.2, 0) is 13.1 Å². The first-order valence-electron chi connectivity index (χ1n) is 8.29. The van der Waals surface area contributed by atoms with E-state index >= 15 is 0 Å². The largest absolute Gasteiger partial charge is 0.419 e. The van der Waals surface area contributed by atoms with Crippen LogP contribution in [-0.4, -0.2) is 27.1 Å². The third kappa shape index (κ3) is 3.93. The van der Waals surface area contributed by atoms with E-state index in [2.05, 4.69) is 60.2 Å². The van der Waals surface area contributed by atoms with Crippen molar-refractivity contribution in [2.24, 2.45) is 0 Å². The number of hydrogen-bond acceptors (Lipinski definition) is 9. The van der Waals surface area contributed by atoms with Gasteiger partial charge in [0.25, 0.3) is 0 Å². The molecule has 0 amide bonds. The van der Waals surface area contributed by atoms with E-state index < -0.39 is 0 Å². The first-order valence-corrected chi connectivity index (χ1v) is 8.29. The SMILES string of the molecule is CN(Cc1cccc(C2NNNN2)c1)Cc1nnc(-c2cccnc2)o1. The molecule has 26 heavy (non-hydrogen) atoms. The number of nitrogens with zero attached hydrogens (tertiary/aromatic N) is 4. The van der Waals surface area contributed by atoms with Crippen LogP contribution in [0.25, 0.3) is 11.5 Å². The van der Waals surface area contributed by atoms with E-state index in [1.165, 1.54) is 5.56 Å². The van der Waals surface area contributed by atoms with E-state index in [1.807, 2.05) is 25.2 Å². The molecule has 0 saturated carbocycles. The van der Waals surface area contributed by atoms with Gasteiger partial charge in [0.2, 0.25) is 11.8 Å². The summed E-state index contributed by atoms with van der Waals surface area (Å²) in [6.45, 7) is 1.34. The second kappa shape index (κ2) is 7.68. The Hall–Kier alpha value is -2.69. The van der Waals surface area contributed by atoms with Gasteiger partial charge in [-0.15, -0.1) is 10.2 Å². The van der Waals surface area contributed by atoms with Crippen LogP contribution in [0.15, 0.2) is 53.2 Å². The molecule has 2 aromatic heterocycles. The summed E-state index contributed by atoms with van der Waals surface area (Å²) in [6, 6.07) is 12.1. The molecular formula is C17H20N8O. The molecule has 0 unspecified atom stereocenters. The molecule has 3 heterocycles. The van der Waals surface area contributed by atoms with Crippen LogP contribution in [0, 0.1) is 0 Å². The summed E-state index contributed by atoms with van der Waals surface area (Å²) >= 11 is 0. The zero-order valence-corrected chi connectivity index (χ0v) is 14.3. The fourth-order valence-electron chi connectivity index (χ4n) is 2.81. The van der Waals surface area contributed by atoms with Gasteiger partial charge in [0, 0.05) is 18.9 Å². The fourth-order valence-corrected chi connectivity index (χ4v) is 2.81. The van der Waals surface area contributed by atoms with E-state index in [-0.39, 0.29) is 6.17 Å². The summed E-state index contributed by atoms with van der Waals surface area (Å²) in [4.78, 5) is 6.20. The van der Waals surface area contributed by atoms with Gasteiger partial charge >= 0.3 is 0 Å². The molecule has 0 aliphatic carbocycles. The van der Waals surface area contributed by atoms with Gasteiger partial charge < -0.3 is 4.42 Å². The number of hydrogen-bond donors (Lipinski definition) is 4. The molecule has 134 valence electrons. The minimum Gasteiger partial charge on any atom is -0.419 e. The zero-order valence-electron chi connectivity index (χ0n) is 14.3. The molecule has 1 aromatic carbocycles. The molecule has 0 atom stereocenters. The van der Waals surface area contributed by atoms with Crippen LogP contribution >= 0.6 is 0 Å². The van der Waals surface area contributed by atoms with Gasteiger partial charge in [0.1, 0.15) is 6.17 Å². The summed E-state index contributed by atoms with van der Waals surface area (Å²) in [5.41, 5.74) is 15.0. The summed E-state index contributed by atoms with van der Waals surface area (Å²) in [5.74, 6) is 1.07. The maximum absolute atomic E-state index is 5.74. The second-order valence-corrected chi connectivity index (χ2v) is 6.13. The van der Waals surface area contributed by atoms with Crippen LogP contribution in [0.1, 0.15) is 23.2 Å². The molecule has 0 radical (unpaired) electrons. The van der Waals surface area contributed by atoms with E-state index in [9.17, 15) is 0 Å². The third-order valence-corrected chi connectivity index (χ3v) is 4.01. The number of benzene rings is 1. The predicted molar refractivity (Wildman–Crippen MR) is 94.4 cm³/mol.